The number of ether oxygens (including phenoxy) is 1. The number of carbonyl (C=O) groups excluding carboxylic acids is 1. The van der Waals surface area contributed by atoms with Crippen molar-refractivity contribution in [3.63, 3.8) is 0 Å². The Morgan fingerprint density at radius 3 is 2.80 bits per heavy atom. The molecule has 1 rings (SSSR count). The summed E-state index contributed by atoms with van der Waals surface area (Å²) in [6, 6.07) is 1.58. The first-order valence-electron chi connectivity index (χ1n) is 5.12. The van der Waals surface area contributed by atoms with Crippen LogP contribution in [0.15, 0.2) is 6.07 Å². The Kier molecular flexibility index (Phi) is 3.77. The molecule has 0 aliphatic carbocycles. The lowest BCUT2D eigenvalue weighted by Gasteiger charge is -2.01. The van der Waals surface area contributed by atoms with Crippen LogP contribution in [0.4, 0.5) is 0 Å². The van der Waals surface area contributed by atoms with Crippen molar-refractivity contribution in [1.29, 1.82) is 0 Å². The fraction of sp³-hybridized carbons (Fsp3) is 0.545. The van der Waals surface area contributed by atoms with Gasteiger partial charge in [-0.1, -0.05) is 13.8 Å². The molecular weight excluding hydrogens is 194 g/mol. The third-order valence-electron chi connectivity index (χ3n) is 1.96. The van der Waals surface area contributed by atoms with Gasteiger partial charge in [0.1, 0.15) is 5.75 Å². The summed E-state index contributed by atoms with van der Waals surface area (Å²) in [5, 5.41) is 9.51. The van der Waals surface area contributed by atoms with Crippen molar-refractivity contribution in [2.24, 2.45) is 5.92 Å². The van der Waals surface area contributed by atoms with E-state index >= 15 is 0 Å². The predicted octanol–water partition coefficient (Wildman–Crippen LogP) is 2.10. The first-order valence-corrected chi connectivity index (χ1v) is 5.12. The fourth-order valence-corrected chi connectivity index (χ4v) is 1.41. The van der Waals surface area contributed by atoms with Crippen molar-refractivity contribution < 1.29 is 14.6 Å². The van der Waals surface area contributed by atoms with Crippen molar-refractivity contribution >= 4 is 5.97 Å². The lowest BCUT2D eigenvalue weighted by molar-refractivity contribution is 0.0516. The quantitative estimate of drug-likeness (QED) is 0.749. The first-order chi connectivity index (χ1) is 7.04. The number of H-pyrrole nitrogens is 1. The monoisotopic (exact) mass is 211 g/mol. The minimum atomic E-state index is -0.509. The molecule has 0 radical (unpaired) electrons. The van der Waals surface area contributed by atoms with E-state index in [2.05, 4.69) is 18.8 Å². The van der Waals surface area contributed by atoms with Gasteiger partial charge in [0.2, 0.25) is 0 Å². The van der Waals surface area contributed by atoms with Gasteiger partial charge in [-0.3, -0.25) is 0 Å². The minimum Gasteiger partial charge on any atom is -0.505 e. The number of carbonyl (C=O) groups is 1. The smallest absolute Gasteiger partial charge is 0.358 e. The van der Waals surface area contributed by atoms with Gasteiger partial charge in [-0.05, 0) is 19.3 Å². The van der Waals surface area contributed by atoms with Crippen LogP contribution in [0, 0.1) is 5.92 Å². The SMILES string of the molecule is CCOC(=O)c1[nH]c(CC(C)C)cc1O. The minimum absolute atomic E-state index is 0.0379. The van der Waals surface area contributed by atoms with Crippen molar-refractivity contribution in [3.05, 3.63) is 17.5 Å². The van der Waals surface area contributed by atoms with E-state index in [9.17, 15) is 9.90 Å². The topological polar surface area (TPSA) is 62.3 Å². The lowest BCUT2D eigenvalue weighted by atomic mass is 10.1. The average Bonchev–Trinajstić information content (AvgIpc) is 2.46. The van der Waals surface area contributed by atoms with E-state index in [0.717, 1.165) is 12.1 Å². The highest BCUT2D eigenvalue weighted by molar-refractivity contribution is 5.90. The molecule has 0 aromatic carbocycles. The number of hydrogen-bond acceptors (Lipinski definition) is 3. The van der Waals surface area contributed by atoms with Gasteiger partial charge in [0.05, 0.1) is 6.61 Å². The molecule has 0 unspecified atom stereocenters. The second kappa shape index (κ2) is 4.87. The van der Waals surface area contributed by atoms with E-state index in [0.29, 0.717) is 12.5 Å². The number of esters is 1. The van der Waals surface area contributed by atoms with Crippen LogP contribution in [-0.2, 0) is 11.2 Å². The molecule has 0 saturated carbocycles. The third-order valence-corrected chi connectivity index (χ3v) is 1.96. The summed E-state index contributed by atoms with van der Waals surface area (Å²) in [7, 11) is 0. The highest BCUT2D eigenvalue weighted by atomic mass is 16.5. The van der Waals surface area contributed by atoms with Crippen molar-refractivity contribution in [1.82, 2.24) is 4.98 Å². The summed E-state index contributed by atoms with van der Waals surface area (Å²) in [6.45, 7) is 6.17. The average molecular weight is 211 g/mol. The summed E-state index contributed by atoms with van der Waals surface area (Å²) >= 11 is 0. The number of hydrogen-bond donors (Lipinski definition) is 2. The zero-order valence-corrected chi connectivity index (χ0v) is 9.33. The molecule has 0 fully saturated rings. The van der Waals surface area contributed by atoms with Crippen LogP contribution in [0.5, 0.6) is 5.75 Å². The van der Waals surface area contributed by atoms with E-state index in [1.54, 1.807) is 13.0 Å². The van der Waals surface area contributed by atoms with Crippen LogP contribution in [-0.4, -0.2) is 22.7 Å². The van der Waals surface area contributed by atoms with E-state index < -0.39 is 5.97 Å². The molecule has 0 bridgehead atoms. The van der Waals surface area contributed by atoms with Gasteiger partial charge in [-0.2, -0.15) is 0 Å². The number of aromatic hydroxyl groups is 1. The van der Waals surface area contributed by atoms with Crippen LogP contribution in [0.1, 0.15) is 37.0 Å². The van der Waals surface area contributed by atoms with Gasteiger partial charge in [-0.15, -0.1) is 0 Å². The summed E-state index contributed by atoms with van der Waals surface area (Å²) in [5.74, 6) is -0.0767. The molecule has 0 atom stereocenters. The van der Waals surface area contributed by atoms with E-state index in [1.807, 2.05) is 0 Å². The third kappa shape index (κ3) is 3.01. The second-order valence-electron chi connectivity index (χ2n) is 3.87. The second-order valence-corrected chi connectivity index (χ2v) is 3.87. The van der Waals surface area contributed by atoms with Crippen molar-refractivity contribution in [2.75, 3.05) is 6.61 Å². The van der Waals surface area contributed by atoms with Gasteiger partial charge in [0, 0.05) is 11.8 Å². The van der Waals surface area contributed by atoms with Crippen LogP contribution < -0.4 is 0 Å². The summed E-state index contributed by atoms with van der Waals surface area (Å²) < 4.78 is 4.80. The summed E-state index contributed by atoms with van der Waals surface area (Å²) in [6.07, 6.45) is 0.799. The molecular formula is C11H17NO3. The molecule has 4 heteroatoms. The molecule has 1 heterocycles. The molecule has 2 N–H and O–H groups in total. The number of nitrogens with one attached hydrogen (secondary N) is 1. The van der Waals surface area contributed by atoms with Gasteiger partial charge in [0.25, 0.3) is 0 Å². The van der Waals surface area contributed by atoms with Gasteiger partial charge in [-0.25, -0.2) is 4.79 Å². The van der Waals surface area contributed by atoms with Crippen LogP contribution in [0.2, 0.25) is 0 Å². The number of rotatable bonds is 4. The largest absolute Gasteiger partial charge is 0.505 e. The molecule has 0 aliphatic rings. The van der Waals surface area contributed by atoms with E-state index in [1.165, 1.54) is 0 Å². The Morgan fingerprint density at radius 1 is 1.60 bits per heavy atom. The van der Waals surface area contributed by atoms with Crippen LogP contribution >= 0.6 is 0 Å². The first kappa shape index (κ1) is 11.6. The maximum atomic E-state index is 11.4. The van der Waals surface area contributed by atoms with Gasteiger partial charge in [0.15, 0.2) is 5.69 Å². The molecule has 4 nitrogen and oxygen atoms in total. The summed E-state index contributed by atoms with van der Waals surface area (Å²) in [5.41, 5.74) is 0.998. The molecule has 84 valence electrons. The Hall–Kier alpha value is -1.45. The molecule has 1 aromatic heterocycles. The predicted molar refractivity (Wildman–Crippen MR) is 57.0 cm³/mol. The van der Waals surface area contributed by atoms with Crippen LogP contribution in [0.3, 0.4) is 0 Å². The number of aromatic amines is 1. The standard InChI is InChI=1S/C11H17NO3/c1-4-15-11(14)10-9(13)6-8(12-10)5-7(2)3/h6-7,12-13H,4-5H2,1-3H3. The molecule has 0 amide bonds. The Bertz CT molecular complexity index is 342. The zero-order chi connectivity index (χ0) is 11.4. The van der Waals surface area contributed by atoms with Crippen molar-refractivity contribution in [3.8, 4) is 5.75 Å². The van der Waals surface area contributed by atoms with E-state index in [4.69, 9.17) is 4.74 Å². The van der Waals surface area contributed by atoms with Gasteiger partial charge < -0.3 is 14.8 Å². The maximum Gasteiger partial charge on any atom is 0.358 e. The lowest BCUT2D eigenvalue weighted by Crippen LogP contribution is -2.05. The zero-order valence-electron chi connectivity index (χ0n) is 9.33. The Balaban J connectivity index is 2.81. The van der Waals surface area contributed by atoms with Crippen molar-refractivity contribution in [2.45, 2.75) is 27.2 Å². The highest BCUT2D eigenvalue weighted by Crippen LogP contribution is 2.20. The van der Waals surface area contributed by atoms with Gasteiger partial charge >= 0.3 is 5.97 Å². The number of aromatic nitrogens is 1. The highest BCUT2D eigenvalue weighted by Gasteiger charge is 2.16. The fourth-order valence-electron chi connectivity index (χ4n) is 1.41. The molecule has 0 saturated heterocycles. The molecule has 0 aliphatic heterocycles. The molecule has 0 spiro atoms. The Labute approximate surface area is 89.3 Å². The normalized spacial score (nSPS) is 10.7. The summed E-state index contributed by atoms with van der Waals surface area (Å²) in [4.78, 5) is 14.2. The molecule has 1 aromatic rings. The Morgan fingerprint density at radius 2 is 2.27 bits per heavy atom. The van der Waals surface area contributed by atoms with Crippen LogP contribution in [0.25, 0.3) is 0 Å². The van der Waals surface area contributed by atoms with E-state index in [-0.39, 0.29) is 11.4 Å². The maximum absolute atomic E-state index is 11.4. The molecule has 15 heavy (non-hydrogen) atoms.